The van der Waals surface area contributed by atoms with Crippen LogP contribution in [0, 0.1) is 5.92 Å². The predicted molar refractivity (Wildman–Crippen MR) is 133 cm³/mol. The Kier molecular flexibility index (Phi) is 8.53. The van der Waals surface area contributed by atoms with Gasteiger partial charge in [0, 0.05) is 18.0 Å². The van der Waals surface area contributed by atoms with E-state index in [1.807, 2.05) is 26.0 Å². The summed E-state index contributed by atoms with van der Waals surface area (Å²) >= 11 is 0. The van der Waals surface area contributed by atoms with Crippen molar-refractivity contribution in [3.05, 3.63) is 95.1 Å². The molecule has 190 valence electrons. The molecule has 0 fully saturated rings. The molecule has 3 aromatic carbocycles. The van der Waals surface area contributed by atoms with Gasteiger partial charge in [0.15, 0.2) is 0 Å². The maximum absolute atomic E-state index is 13.1. The van der Waals surface area contributed by atoms with Crippen LogP contribution in [0.4, 0.5) is 13.2 Å². The maximum atomic E-state index is 13.1. The molecule has 0 spiro atoms. The summed E-state index contributed by atoms with van der Waals surface area (Å²) in [6, 6.07) is 18.2. The third-order valence-electron chi connectivity index (χ3n) is 6.14. The van der Waals surface area contributed by atoms with Crippen LogP contribution in [0.3, 0.4) is 0 Å². The van der Waals surface area contributed by atoms with Gasteiger partial charge in [0.05, 0.1) is 5.56 Å². The molecule has 0 saturated carbocycles. The molecule has 2 atom stereocenters. The van der Waals surface area contributed by atoms with E-state index in [0.717, 1.165) is 23.3 Å². The second kappa shape index (κ2) is 11.4. The molecule has 0 bridgehead atoms. The monoisotopic (exact) mass is 498 g/mol. The molecule has 3 rings (SSSR count). The molecular weight excluding hydrogens is 469 g/mol. The van der Waals surface area contributed by atoms with E-state index >= 15 is 0 Å². The van der Waals surface area contributed by atoms with Crippen molar-refractivity contribution in [1.29, 1.82) is 0 Å². The van der Waals surface area contributed by atoms with E-state index in [-0.39, 0.29) is 24.2 Å². The van der Waals surface area contributed by atoms with Gasteiger partial charge in [0.25, 0.3) is 5.91 Å². The fourth-order valence-corrected chi connectivity index (χ4v) is 3.97. The van der Waals surface area contributed by atoms with Gasteiger partial charge in [-0.1, -0.05) is 62.4 Å². The molecule has 0 unspecified atom stereocenters. The number of hydrogen-bond donors (Lipinski definition) is 3. The molecule has 1 amide bonds. The van der Waals surface area contributed by atoms with Crippen molar-refractivity contribution in [3.63, 3.8) is 0 Å². The van der Waals surface area contributed by atoms with E-state index in [9.17, 15) is 22.8 Å². The van der Waals surface area contributed by atoms with Crippen LogP contribution in [0.5, 0.6) is 0 Å². The van der Waals surface area contributed by atoms with Gasteiger partial charge in [-0.3, -0.25) is 9.59 Å². The minimum atomic E-state index is -4.40. The Morgan fingerprint density at radius 2 is 1.58 bits per heavy atom. The van der Waals surface area contributed by atoms with Gasteiger partial charge in [0.2, 0.25) is 0 Å². The first-order chi connectivity index (χ1) is 17.0. The van der Waals surface area contributed by atoms with E-state index in [4.69, 9.17) is 10.8 Å². The standard InChI is InChI=1S/C28H29F3N2O3/c1-17(2)24(16-33-26(34)21-8-6-18(7-9-21)14-25(32)27(35)36)20-12-10-19(11-13-20)22-4-3-5-23(15-22)28(29,30)31/h3-13,15,17,24-25H,14,16,32H2,1-2H3,(H,33,34)(H,35,36)/t24-,25-/m1/s1. The Morgan fingerprint density at radius 1 is 0.944 bits per heavy atom. The van der Waals surface area contributed by atoms with Crippen molar-refractivity contribution < 1.29 is 27.9 Å². The smallest absolute Gasteiger partial charge is 0.416 e. The van der Waals surface area contributed by atoms with Crippen molar-refractivity contribution in [2.75, 3.05) is 6.54 Å². The van der Waals surface area contributed by atoms with Crippen LogP contribution in [0.1, 0.15) is 46.8 Å². The Labute approximate surface area is 208 Å². The third kappa shape index (κ3) is 6.95. The zero-order chi connectivity index (χ0) is 26.5. The van der Waals surface area contributed by atoms with E-state index in [0.29, 0.717) is 23.2 Å². The minimum Gasteiger partial charge on any atom is -0.480 e. The lowest BCUT2D eigenvalue weighted by atomic mass is 9.87. The summed E-state index contributed by atoms with van der Waals surface area (Å²) in [4.78, 5) is 23.6. The fourth-order valence-electron chi connectivity index (χ4n) is 3.97. The summed E-state index contributed by atoms with van der Waals surface area (Å²) < 4.78 is 39.2. The van der Waals surface area contributed by atoms with Gasteiger partial charge < -0.3 is 16.2 Å². The van der Waals surface area contributed by atoms with Gasteiger partial charge >= 0.3 is 12.1 Å². The molecule has 0 heterocycles. The summed E-state index contributed by atoms with van der Waals surface area (Å²) in [5.41, 5.74) is 8.17. The first-order valence-electron chi connectivity index (χ1n) is 11.6. The zero-order valence-electron chi connectivity index (χ0n) is 20.0. The van der Waals surface area contributed by atoms with E-state index < -0.39 is 23.8 Å². The predicted octanol–water partition coefficient (Wildman–Crippen LogP) is 5.50. The van der Waals surface area contributed by atoms with Crippen LogP contribution in [0.15, 0.2) is 72.8 Å². The molecule has 0 saturated heterocycles. The van der Waals surface area contributed by atoms with Crippen LogP contribution in [0.2, 0.25) is 0 Å². The highest BCUT2D eigenvalue weighted by Gasteiger charge is 2.30. The quantitative estimate of drug-likeness (QED) is 0.363. The molecule has 0 aliphatic carbocycles. The number of hydrogen-bond acceptors (Lipinski definition) is 3. The minimum absolute atomic E-state index is 0.00246. The number of amides is 1. The molecule has 0 aliphatic rings. The number of benzene rings is 3. The van der Waals surface area contributed by atoms with Crippen molar-refractivity contribution in [2.24, 2.45) is 11.7 Å². The largest absolute Gasteiger partial charge is 0.480 e. The van der Waals surface area contributed by atoms with Crippen LogP contribution >= 0.6 is 0 Å². The number of alkyl halides is 3. The number of carboxylic acids is 1. The van der Waals surface area contributed by atoms with Crippen molar-refractivity contribution in [3.8, 4) is 11.1 Å². The Bertz CT molecular complexity index is 1190. The molecule has 5 nitrogen and oxygen atoms in total. The number of halogens is 3. The summed E-state index contributed by atoms with van der Waals surface area (Å²) in [5.74, 6) is -1.14. The van der Waals surface area contributed by atoms with Crippen molar-refractivity contribution >= 4 is 11.9 Å². The molecule has 0 radical (unpaired) electrons. The molecule has 36 heavy (non-hydrogen) atoms. The number of carbonyl (C=O) groups excluding carboxylic acids is 1. The number of carbonyl (C=O) groups is 2. The summed E-state index contributed by atoms with van der Waals surface area (Å²) in [7, 11) is 0. The summed E-state index contributed by atoms with van der Waals surface area (Å²) in [5, 5.41) is 11.9. The van der Waals surface area contributed by atoms with Crippen LogP contribution < -0.4 is 11.1 Å². The van der Waals surface area contributed by atoms with Gasteiger partial charge in [-0.2, -0.15) is 13.2 Å². The lowest BCUT2D eigenvalue weighted by Gasteiger charge is -2.22. The maximum Gasteiger partial charge on any atom is 0.416 e. The first kappa shape index (κ1) is 26.9. The van der Waals surface area contributed by atoms with Gasteiger partial charge in [0.1, 0.15) is 6.04 Å². The van der Waals surface area contributed by atoms with E-state index in [1.54, 1.807) is 42.5 Å². The average Bonchev–Trinajstić information content (AvgIpc) is 2.84. The normalized spacial score (nSPS) is 13.3. The zero-order valence-corrected chi connectivity index (χ0v) is 20.0. The Balaban J connectivity index is 1.67. The average molecular weight is 499 g/mol. The first-order valence-corrected chi connectivity index (χ1v) is 11.6. The van der Waals surface area contributed by atoms with Crippen LogP contribution in [-0.4, -0.2) is 29.6 Å². The molecule has 8 heteroatoms. The molecule has 0 aliphatic heterocycles. The van der Waals surface area contributed by atoms with Gasteiger partial charge in [-0.05, 0) is 58.9 Å². The summed E-state index contributed by atoms with van der Waals surface area (Å²) in [6.07, 6.45) is -4.23. The third-order valence-corrected chi connectivity index (χ3v) is 6.14. The molecular formula is C28H29F3N2O3. The van der Waals surface area contributed by atoms with E-state index in [1.165, 1.54) is 6.07 Å². The number of aliphatic carboxylic acids is 1. The number of carboxylic acid groups (broad SMARTS) is 1. The number of nitrogens with one attached hydrogen (secondary N) is 1. The lowest BCUT2D eigenvalue weighted by Crippen LogP contribution is -2.32. The topological polar surface area (TPSA) is 92.4 Å². The van der Waals surface area contributed by atoms with Gasteiger partial charge in [-0.25, -0.2) is 0 Å². The molecule has 0 aromatic heterocycles. The highest BCUT2D eigenvalue weighted by molar-refractivity contribution is 5.94. The number of nitrogens with two attached hydrogens (primary N) is 1. The molecule has 4 N–H and O–H groups in total. The summed E-state index contributed by atoms with van der Waals surface area (Å²) in [6.45, 7) is 4.46. The number of rotatable bonds is 9. The Morgan fingerprint density at radius 3 is 2.14 bits per heavy atom. The van der Waals surface area contributed by atoms with Crippen LogP contribution in [0.25, 0.3) is 11.1 Å². The fraction of sp³-hybridized carbons (Fsp3) is 0.286. The SMILES string of the molecule is CC(C)[C@@H](CNC(=O)c1ccc(C[C@@H](N)C(=O)O)cc1)c1ccc(-c2cccc(C(F)(F)F)c2)cc1. The van der Waals surface area contributed by atoms with Gasteiger partial charge in [-0.15, -0.1) is 0 Å². The van der Waals surface area contributed by atoms with Crippen LogP contribution in [-0.2, 0) is 17.4 Å². The lowest BCUT2D eigenvalue weighted by molar-refractivity contribution is -0.139. The molecule has 3 aromatic rings. The Hall–Kier alpha value is -3.65. The van der Waals surface area contributed by atoms with Crippen molar-refractivity contribution in [1.82, 2.24) is 5.32 Å². The second-order valence-corrected chi connectivity index (χ2v) is 9.11. The highest BCUT2D eigenvalue weighted by Crippen LogP contribution is 2.33. The van der Waals surface area contributed by atoms with E-state index in [2.05, 4.69) is 5.32 Å². The van der Waals surface area contributed by atoms with Crippen molar-refractivity contribution in [2.45, 2.75) is 38.4 Å². The highest BCUT2D eigenvalue weighted by atomic mass is 19.4. The second-order valence-electron chi connectivity index (χ2n) is 9.11.